The van der Waals surface area contributed by atoms with Crippen molar-refractivity contribution in [2.45, 2.75) is 13.3 Å². The van der Waals surface area contributed by atoms with Gasteiger partial charge in [0.15, 0.2) is 0 Å². The molecule has 7 nitrogen and oxygen atoms in total. The summed E-state index contributed by atoms with van der Waals surface area (Å²) in [5.74, 6) is -0.266. The van der Waals surface area contributed by atoms with Gasteiger partial charge in [0.1, 0.15) is 11.6 Å². The summed E-state index contributed by atoms with van der Waals surface area (Å²) in [4.78, 5) is 32.5. The van der Waals surface area contributed by atoms with Gasteiger partial charge in [-0.25, -0.2) is 9.37 Å². The minimum absolute atomic E-state index is 0.0280. The van der Waals surface area contributed by atoms with Gasteiger partial charge in [-0.15, -0.1) is 0 Å². The summed E-state index contributed by atoms with van der Waals surface area (Å²) in [7, 11) is 2.01. The Kier molecular flexibility index (Phi) is 5.85. The number of benzene rings is 1. The van der Waals surface area contributed by atoms with Crippen LogP contribution in [0.1, 0.15) is 11.5 Å². The lowest BCUT2D eigenvalue weighted by atomic mass is 10.2. The number of aryl methyl sites for hydroxylation is 1. The number of hydrogen-bond donors (Lipinski definition) is 1. The van der Waals surface area contributed by atoms with E-state index >= 15 is 0 Å². The SMILES string of the molecule is Cc1oc(-c2ccccc2F)nc1CC(=O)NCC(=O)N1CCN(C)CC1. The molecule has 1 fully saturated rings. The average Bonchev–Trinajstić information content (AvgIpc) is 3.01. The summed E-state index contributed by atoms with van der Waals surface area (Å²) in [5, 5.41) is 2.63. The Balaban J connectivity index is 1.55. The molecule has 1 saturated heterocycles. The van der Waals surface area contributed by atoms with Gasteiger partial charge < -0.3 is 19.5 Å². The third kappa shape index (κ3) is 4.71. The van der Waals surface area contributed by atoms with Gasteiger partial charge in [0.25, 0.3) is 0 Å². The second-order valence-electron chi connectivity index (χ2n) is 6.64. The van der Waals surface area contributed by atoms with E-state index in [4.69, 9.17) is 4.42 Å². The standard InChI is InChI=1S/C19H23FN4O3/c1-13-16(22-19(27-13)14-5-3-4-6-15(14)20)11-17(25)21-12-18(26)24-9-7-23(2)8-10-24/h3-6H,7-12H2,1-2H3,(H,21,25). The predicted octanol–water partition coefficient (Wildman–Crippen LogP) is 1.22. The number of aromatic nitrogens is 1. The minimum Gasteiger partial charge on any atom is -0.441 e. The van der Waals surface area contributed by atoms with Gasteiger partial charge in [0.05, 0.1) is 24.2 Å². The number of piperazine rings is 1. The van der Waals surface area contributed by atoms with Crippen molar-refractivity contribution in [3.8, 4) is 11.5 Å². The molecule has 0 saturated carbocycles. The van der Waals surface area contributed by atoms with Crippen molar-refractivity contribution in [2.24, 2.45) is 0 Å². The number of rotatable bonds is 5. The average molecular weight is 374 g/mol. The first-order chi connectivity index (χ1) is 12.9. The Hall–Kier alpha value is -2.74. The summed E-state index contributed by atoms with van der Waals surface area (Å²) in [6, 6.07) is 6.17. The molecule has 0 unspecified atom stereocenters. The molecule has 8 heteroatoms. The van der Waals surface area contributed by atoms with Gasteiger partial charge in [-0.3, -0.25) is 9.59 Å². The third-order valence-corrected chi connectivity index (χ3v) is 4.62. The van der Waals surface area contributed by atoms with Crippen LogP contribution < -0.4 is 5.32 Å². The molecule has 144 valence electrons. The Bertz CT molecular complexity index is 828. The summed E-state index contributed by atoms with van der Waals surface area (Å²) in [6.07, 6.45) is -0.0280. The van der Waals surface area contributed by atoms with Crippen molar-refractivity contribution in [3.63, 3.8) is 0 Å². The Morgan fingerprint density at radius 1 is 1.22 bits per heavy atom. The molecule has 1 aliphatic rings. The number of nitrogens with one attached hydrogen (secondary N) is 1. The van der Waals surface area contributed by atoms with Crippen LogP contribution in [0.5, 0.6) is 0 Å². The first kappa shape index (κ1) is 19.0. The first-order valence-corrected chi connectivity index (χ1v) is 8.88. The minimum atomic E-state index is -0.437. The fraction of sp³-hybridized carbons (Fsp3) is 0.421. The topological polar surface area (TPSA) is 78.7 Å². The van der Waals surface area contributed by atoms with Crippen molar-refractivity contribution < 1.29 is 18.4 Å². The zero-order valence-electron chi connectivity index (χ0n) is 15.5. The molecule has 1 aromatic heterocycles. The highest BCUT2D eigenvalue weighted by Gasteiger charge is 2.20. The van der Waals surface area contributed by atoms with Gasteiger partial charge in [-0.1, -0.05) is 12.1 Å². The molecule has 2 amide bonds. The molecule has 0 bridgehead atoms. The van der Waals surface area contributed by atoms with Gasteiger partial charge in [-0.05, 0) is 26.1 Å². The van der Waals surface area contributed by atoms with E-state index in [2.05, 4.69) is 15.2 Å². The molecule has 3 rings (SSSR count). The monoisotopic (exact) mass is 374 g/mol. The maximum atomic E-state index is 13.9. The summed E-state index contributed by atoms with van der Waals surface area (Å²) >= 11 is 0. The molecule has 0 aliphatic carbocycles. The fourth-order valence-corrected chi connectivity index (χ4v) is 2.90. The van der Waals surface area contributed by atoms with E-state index in [1.54, 1.807) is 30.0 Å². The van der Waals surface area contributed by atoms with E-state index in [9.17, 15) is 14.0 Å². The van der Waals surface area contributed by atoms with Crippen LogP contribution in [-0.2, 0) is 16.0 Å². The molecule has 27 heavy (non-hydrogen) atoms. The van der Waals surface area contributed by atoms with Crippen LogP contribution in [0, 0.1) is 12.7 Å². The Labute approximate surface area is 157 Å². The zero-order valence-corrected chi connectivity index (χ0v) is 15.5. The van der Waals surface area contributed by atoms with Crippen molar-refractivity contribution in [3.05, 3.63) is 41.5 Å². The lowest BCUT2D eigenvalue weighted by Crippen LogP contribution is -2.50. The largest absolute Gasteiger partial charge is 0.441 e. The molecule has 2 heterocycles. The fourth-order valence-electron chi connectivity index (χ4n) is 2.90. The molecule has 2 aromatic rings. The molecule has 1 N–H and O–H groups in total. The van der Waals surface area contributed by atoms with E-state index in [1.807, 2.05) is 7.05 Å². The Morgan fingerprint density at radius 3 is 2.63 bits per heavy atom. The van der Waals surface area contributed by atoms with E-state index in [-0.39, 0.29) is 36.2 Å². The predicted molar refractivity (Wildman–Crippen MR) is 97.4 cm³/mol. The van der Waals surface area contributed by atoms with E-state index in [0.29, 0.717) is 24.5 Å². The van der Waals surface area contributed by atoms with Gasteiger partial charge in [-0.2, -0.15) is 0 Å². The van der Waals surface area contributed by atoms with Crippen molar-refractivity contribution >= 4 is 11.8 Å². The van der Waals surface area contributed by atoms with Crippen LogP contribution in [0.25, 0.3) is 11.5 Å². The maximum Gasteiger partial charge on any atom is 0.242 e. The number of carbonyl (C=O) groups excluding carboxylic acids is 2. The number of nitrogens with zero attached hydrogens (tertiary/aromatic N) is 3. The highest BCUT2D eigenvalue weighted by Crippen LogP contribution is 2.24. The molecule has 0 spiro atoms. The van der Waals surface area contributed by atoms with E-state index < -0.39 is 5.82 Å². The smallest absolute Gasteiger partial charge is 0.242 e. The molecular formula is C19H23FN4O3. The number of amides is 2. The molecule has 0 radical (unpaired) electrons. The maximum absolute atomic E-state index is 13.9. The van der Waals surface area contributed by atoms with Crippen molar-refractivity contribution in [1.82, 2.24) is 20.1 Å². The lowest BCUT2D eigenvalue weighted by Gasteiger charge is -2.32. The summed E-state index contributed by atoms with van der Waals surface area (Å²) < 4.78 is 19.4. The second-order valence-corrected chi connectivity index (χ2v) is 6.64. The number of carbonyl (C=O) groups is 2. The third-order valence-electron chi connectivity index (χ3n) is 4.62. The number of likely N-dealkylation sites (N-methyl/N-ethyl adjacent to an activating group) is 1. The Morgan fingerprint density at radius 2 is 1.93 bits per heavy atom. The van der Waals surface area contributed by atoms with Crippen LogP contribution >= 0.6 is 0 Å². The van der Waals surface area contributed by atoms with Crippen LogP contribution in [0.2, 0.25) is 0 Å². The zero-order chi connectivity index (χ0) is 19.4. The molecule has 1 aliphatic heterocycles. The van der Waals surface area contributed by atoms with Gasteiger partial charge >= 0.3 is 0 Å². The normalized spacial score (nSPS) is 15.0. The quantitative estimate of drug-likeness (QED) is 0.852. The molecular weight excluding hydrogens is 351 g/mol. The van der Waals surface area contributed by atoms with Gasteiger partial charge in [0.2, 0.25) is 17.7 Å². The van der Waals surface area contributed by atoms with E-state index in [1.165, 1.54) is 6.07 Å². The number of hydrogen-bond acceptors (Lipinski definition) is 5. The number of oxazole rings is 1. The van der Waals surface area contributed by atoms with Crippen LogP contribution in [0.4, 0.5) is 4.39 Å². The number of halogens is 1. The van der Waals surface area contributed by atoms with Crippen LogP contribution in [0.3, 0.4) is 0 Å². The van der Waals surface area contributed by atoms with Crippen molar-refractivity contribution in [2.75, 3.05) is 39.8 Å². The highest BCUT2D eigenvalue weighted by atomic mass is 19.1. The van der Waals surface area contributed by atoms with Crippen LogP contribution in [-0.4, -0.2) is 66.4 Å². The lowest BCUT2D eigenvalue weighted by molar-refractivity contribution is -0.134. The summed E-state index contributed by atoms with van der Waals surface area (Å²) in [6.45, 7) is 4.63. The molecule has 1 aromatic carbocycles. The first-order valence-electron chi connectivity index (χ1n) is 8.88. The second kappa shape index (κ2) is 8.30. The van der Waals surface area contributed by atoms with Crippen molar-refractivity contribution in [1.29, 1.82) is 0 Å². The van der Waals surface area contributed by atoms with Crippen LogP contribution in [0.15, 0.2) is 28.7 Å². The molecule has 0 atom stereocenters. The summed E-state index contributed by atoms with van der Waals surface area (Å²) in [5.41, 5.74) is 0.676. The van der Waals surface area contributed by atoms with E-state index in [0.717, 1.165) is 13.1 Å². The van der Waals surface area contributed by atoms with Gasteiger partial charge in [0, 0.05) is 26.2 Å². The highest BCUT2D eigenvalue weighted by molar-refractivity contribution is 5.85.